The zero-order valence-corrected chi connectivity index (χ0v) is 18.2. The van der Waals surface area contributed by atoms with Crippen molar-refractivity contribution < 1.29 is 9.90 Å². The molecule has 2 unspecified atom stereocenters. The number of benzene rings is 2. The van der Waals surface area contributed by atoms with Gasteiger partial charge in [0.2, 0.25) is 5.91 Å². The van der Waals surface area contributed by atoms with E-state index in [4.69, 9.17) is 0 Å². The van der Waals surface area contributed by atoms with Crippen LogP contribution in [0.25, 0.3) is 0 Å². The molecule has 0 saturated carbocycles. The molecule has 2 aromatic rings. The number of rotatable bonds is 6. The van der Waals surface area contributed by atoms with Crippen molar-refractivity contribution in [1.29, 1.82) is 0 Å². The largest absolute Gasteiger partial charge is 0.508 e. The first-order chi connectivity index (χ1) is 13.4. The van der Waals surface area contributed by atoms with E-state index >= 15 is 0 Å². The van der Waals surface area contributed by atoms with Gasteiger partial charge in [-0.05, 0) is 68.5 Å². The summed E-state index contributed by atoms with van der Waals surface area (Å²) in [7, 11) is 2.20. The van der Waals surface area contributed by atoms with Gasteiger partial charge >= 0.3 is 0 Å². The topological polar surface area (TPSA) is 52.6 Å². The zero-order chi connectivity index (χ0) is 20.1. The van der Waals surface area contributed by atoms with Gasteiger partial charge in [-0.25, -0.2) is 0 Å². The number of aromatic hydroxyl groups is 1. The van der Waals surface area contributed by atoms with Crippen molar-refractivity contribution in [3.05, 3.63) is 64.1 Å². The average Bonchev–Trinajstić information content (AvgIpc) is 2.65. The van der Waals surface area contributed by atoms with Crippen molar-refractivity contribution in [3.63, 3.8) is 0 Å². The van der Waals surface area contributed by atoms with Crippen LogP contribution in [0.4, 0.5) is 0 Å². The maximum Gasteiger partial charge on any atom is 0.217 e. The van der Waals surface area contributed by atoms with Crippen LogP contribution in [-0.4, -0.2) is 41.1 Å². The fourth-order valence-electron chi connectivity index (χ4n) is 4.36. The number of aryl methyl sites for hydroxylation is 1. The van der Waals surface area contributed by atoms with Crippen LogP contribution in [0.2, 0.25) is 0 Å². The molecule has 1 amide bonds. The molecule has 0 spiro atoms. The van der Waals surface area contributed by atoms with E-state index in [0.717, 1.165) is 43.1 Å². The Morgan fingerprint density at radius 3 is 2.64 bits per heavy atom. The molecule has 1 heterocycles. The Bertz CT molecular complexity index is 809. The summed E-state index contributed by atoms with van der Waals surface area (Å²) in [5, 5.41) is 12.8. The van der Waals surface area contributed by atoms with Crippen molar-refractivity contribution in [2.75, 3.05) is 13.6 Å². The van der Waals surface area contributed by atoms with Gasteiger partial charge in [-0.1, -0.05) is 46.3 Å². The fraction of sp³-hybridized carbons (Fsp3) is 0.435. The van der Waals surface area contributed by atoms with Gasteiger partial charge in [0.05, 0.1) is 0 Å². The van der Waals surface area contributed by atoms with Gasteiger partial charge in [-0.3, -0.25) is 4.79 Å². The third-order valence-electron chi connectivity index (χ3n) is 5.94. The first-order valence-corrected chi connectivity index (χ1v) is 10.7. The van der Waals surface area contributed by atoms with Crippen LogP contribution < -0.4 is 5.32 Å². The van der Waals surface area contributed by atoms with Crippen LogP contribution in [0, 0.1) is 0 Å². The van der Waals surface area contributed by atoms with Crippen molar-refractivity contribution >= 4 is 21.8 Å². The third kappa shape index (κ3) is 5.15. The Labute approximate surface area is 176 Å². The van der Waals surface area contributed by atoms with E-state index < -0.39 is 0 Å². The van der Waals surface area contributed by atoms with E-state index in [1.54, 1.807) is 19.1 Å². The third-order valence-corrected chi connectivity index (χ3v) is 6.72. The van der Waals surface area contributed by atoms with Crippen LogP contribution in [0.3, 0.4) is 0 Å². The Hall–Kier alpha value is -1.85. The predicted octanol–water partition coefficient (Wildman–Crippen LogP) is 4.30. The zero-order valence-electron chi connectivity index (χ0n) is 16.6. The minimum Gasteiger partial charge on any atom is -0.508 e. The number of likely N-dealkylation sites (tertiary alicyclic amines) is 1. The summed E-state index contributed by atoms with van der Waals surface area (Å²) in [6.07, 6.45) is 4.76. The lowest BCUT2D eigenvalue weighted by atomic mass is 9.75. The first kappa shape index (κ1) is 20.9. The van der Waals surface area contributed by atoms with Gasteiger partial charge in [-0.15, -0.1) is 0 Å². The van der Waals surface area contributed by atoms with Gasteiger partial charge in [0, 0.05) is 29.5 Å². The number of amides is 1. The van der Waals surface area contributed by atoms with Gasteiger partial charge in [0.1, 0.15) is 5.75 Å². The lowest BCUT2D eigenvalue weighted by molar-refractivity contribution is -0.120. The summed E-state index contributed by atoms with van der Waals surface area (Å²) in [5.74, 6) is 0.332. The van der Waals surface area contributed by atoms with Crippen molar-refractivity contribution in [2.24, 2.45) is 0 Å². The maximum absolute atomic E-state index is 11.7. The summed E-state index contributed by atoms with van der Waals surface area (Å²) in [4.78, 5) is 14.1. The second-order valence-corrected chi connectivity index (χ2v) is 8.83. The number of nitrogens with zero attached hydrogens (tertiary/aromatic N) is 1. The highest BCUT2D eigenvalue weighted by Gasteiger charge is 2.40. The van der Waals surface area contributed by atoms with E-state index in [2.05, 4.69) is 51.4 Å². The van der Waals surface area contributed by atoms with Crippen molar-refractivity contribution in [3.8, 4) is 5.75 Å². The van der Waals surface area contributed by atoms with E-state index in [1.165, 1.54) is 11.1 Å². The fourth-order valence-corrected chi connectivity index (χ4v) is 4.85. The molecule has 4 nitrogen and oxygen atoms in total. The number of likely N-dealkylation sites (N-methyl/N-ethyl adjacent to an activating group) is 1. The first-order valence-electron chi connectivity index (χ1n) is 9.88. The number of nitrogens with one attached hydrogen (secondary N) is 1. The second-order valence-electron chi connectivity index (χ2n) is 7.97. The van der Waals surface area contributed by atoms with Crippen LogP contribution in [0.5, 0.6) is 5.75 Å². The lowest BCUT2D eigenvalue weighted by Gasteiger charge is -2.49. The molecular formula is C23H29BrN2O2. The van der Waals surface area contributed by atoms with E-state index in [-0.39, 0.29) is 17.5 Å². The molecule has 2 N–H and O–H groups in total. The van der Waals surface area contributed by atoms with Crippen LogP contribution in [-0.2, 0) is 17.6 Å². The van der Waals surface area contributed by atoms with Gasteiger partial charge in [-0.2, -0.15) is 0 Å². The lowest BCUT2D eigenvalue weighted by Crippen LogP contribution is -2.58. The highest BCUT2D eigenvalue weighted by atomic mass is 79.9. The van der Waals surface area contributed by atoms with Crippen LogP contribution in [0.15, 0.2) is 53.0 Å². The van der Waals surface area contributed by atoms with E-state index in [1.807, 2.05) is 18.2 Å². The van der Waals surface area contributed by atoms with E-state index in [0.29, 0.717) is 5.75 Å². The molecule has 0 aromatic heterocycles. The van der Waals surface area contributed by atoms with Crippen molar-refractivity contribution in [1.82, 2.24) is 10.2 Å². The van der Waals surface area contributed by atoms with Gasteiger partial charge in [0.15, 0.2) is 0 Å². The summed E-state index contributed by atoms with van der Waals surface area (Å²) >= 11 is 3.68. The molecule has 0 radical (unpaired) electrons. The highest BCUT2D eigenvalue weighted by molar-refractivity contribution is 9.10. The molecule has 1 saturated heterocycles. The SMILES string of the molecule is CC(=O)NC1CCN(C)C(CCc2ccccc2Br)(Cc2ccc(O)cc2)C1. The Morgan fingerprint density at radius 2 is 1.96 bits per heavy atom. The maximum atomic E-state index is 11.7. The number of carbonyl (C=O) groups is 1. The molecule has 3 rings (SSSR count). The Kier molecular flexibility index (Phi) is 6.78. The molecular weight excluding hydrogens is 416 g/mol. The number of hydrogen-bond donors (Lipinski definition) is 2. The predicted molar refractivity (Wildman–Crippen MR) is 116 cm³/mol. The summed E-state index contributed by atoms with van der Waals surface area (Å²) in [6, 6.07) is 16.1. The molecule has 0 aliphatic carbocycles. The number of phenols is 1. The number of phenolic OH excluding ortho intramolecular Hbond substituents is 1. The molecule has 1 aliphatic heterocycles. The Morgan fingerprint density at radius 1 is 1.25 bits per heavy atom. The minimum absolute atomic E-state index is 0.0406. The standard InChI is InChI=1S/C23H29BrN2O2/c1-17(27)25-20-12-14-26(2)23(16-20,15-18-7-9-21(28)10-8-18)13-11-19-5-3-4-6-22(19)24/h3-10,20,28H,11-16H2,1-2H3,(H,25,27). The van der Waals surface area contributed by atoms with Crippen LogP contribution >= 0.6 is 15.9 Å². The molecule has 2 aromatic carbocycles. The molecule has 2 atom stereocenters. The molecule has 1 fully saturated rings. The molecule has 1 aliphatic rings. The normalized spacial score (nSPS) is 22.8. The highest BCUT2D eigenvalue weighted by Crippen LogP contribution is 2.36. The smallest absolute Gasteiger partial charge is 0.217 e. The summed E-state index contributed by atoms with van der Waals surface area (Å²) in [6.45, 7) is 2.56. The number of halogens is 1. The van der Waals surface area contributed by atoms with Gasteiger partial charge < -0.3 is 15.3 Å². The summed E-state index contributed by atoms with van der Waals surface area (Å²) in [5.41, 5.74) is 2.47. The van der Waals surface area contributed by atoms with Crippen molar-refractivity contribution in [2.45, 2.75) is 50.6 Å². The average molecular weight is 445 g/mol. The molecule has 5 heteroatoms. The van der Waals surface area contributed by atoms with Crippen LogP contribution in [0.1, 0.15) is 37.3 Å². The Balaban J connectivity index is 1.86. The molecule has 150 valence electrons. The number of hydrogen-bond acceptors (Lipinski definition) is 3. The quantitative estimate of drug-likeness (QED) is 0.697. The number of carbonyl (C=O) groups excluding carboxylic acids is 1. The molecule has 0 bridgehead atoms. The monoisotopic (exact) mass is 444 g/mol. The van der Waals surface area contributed by atoms with Gasteiger partial charge in [0.25, 0.3) is 0 Å². The van der Waals surface area contributed by atoms with E-state index in [9.17, 15) is 9.90 Å². The minimum atomic E-state index is -0.0440. The molecule has 28 heavy (non-hydrogen) atoms. The second kappa shape index (κ2) is 9.10. The number of piperidine rings is 1. The summed E-state index contributed by atoms with van der Waals surface area (Å²) < 4.78 is 1.15.